The number of rotatable bonds is 4. The molecule has 1 aromatic carbocycles. The zero-order valence-electron chi connectivity index (χ0n) is 10.1. The van der Waals surface area contributed by atoms with E-state index >= 15 is 0 Å². The van der Waals surface area contributed by atoms with Crippen molar-refractivity contribution in [3.63, 3.8) is 0 Å². The van der Waals surface area contributed by atoms with Crippen LogP contribution in [-0.2, 0) is 6.54 Å². The third-order valence-electron chi connectivity index (χ3n) is 2.88. The predicted molar refractivity (Wildman–Crippen MR) is 68.9 cm³/mol. The highest BCUT2D eigenvalue weighted by molar-refractivity contribution is 5.21. The van der Waals surface area contributed by atoms with Gasteiger partial charge >= 0.3 is 0 Å². The summed E-state index contributed by atoms with van der Waals surface area (Å²) >= 11 is 0. The average Bonchev–Trinajstić information content (AvgIpc) is 2.39. The molecule has 0 amide bonds. The predicted octanol–water partition coefficient (Wildman–Crippen LogP) is 1.95. The van der Waals surface area contributed by atoms with Gasteiger partial charge in [-0.1, -0.05) is 18.2 Å². The molecule has 3 nitrogen and oxygen atoms in total. The Bertz CT molecular complexity index is 560. The van der Waals surface area contributed by atoms with E-state index in [1.165, 1.54) is 18.2 Å². The van der Waals surface area contributed by atoms with Crippen LogP contribution in [0.15, 0.2) is 53.6 Å². The SMILES string of the molecule is CNC(Cn1ccc(=O)cc1)c1ccccc1F. The lowest BCUT2D eigenvalue weighted by atomic mass is 10.1. The maximum absolute atomic E-state index is 13.7. The smallest absolute Gasteiger partial charge is 0.181 e. The van der Waals surface area contributed by atoms with Crippen molar-refractivity contribution in [1.29, 1.82) is 0 Å². The fraction of sp³-hybridized carbons (Fsp3) is 0.214. The van der Waals surface area contributed by atoms with Crippen molar-refractivity contribution in [3.05, 3.63) is 70.4 Å². The monoisotopic (exact) mass is 246 g/mol. The summed E-state index contributed by atoms with van der Waals surface area (Å²) in [4.78, 5) is 11.0. The molecule has 0 aliphatic rings. The van der Waals surface area contributed by atoms with Gasteiger partial charge in [0.25, 0.3) is 0 Å². The summed E-state index contributed by atoms with van der Waals surface area (Å²) in [5.74, 6) is -0.224. The largest absolute Gasteiger partial charge is 0.352 e. The van der Waals surface area contributed by atoms with Crippen LogP contribution < -0.4 is 10.7 Å². The Balaban J connectivity index is 2.22. The second kappa shape index (κ2) is 5.60. The Kier molecular flexibility index (Phi) is 3.89. The molecule has 94 valence electrons. The van der Waals surface area contributed by atoms with Gasteiger partial charge in [0.05, 0.1) is 6.04 Å². The van der Waals surface area contributed by atoms with Crippen molar-refractivity contribution in [1.82, 2.24) is 9.88 Å². The molecule has 1 atom stereocenters. The van der Waals surface area contributed by atoms with Gasteiger partial charge in [-0.25, -0.2) is 4.39 Å². The lowest BCUT2D eigenvalue weighted by molar-refractivity contribution is 0.473. The number of pyridine rings is 1. The minimum atomic E-state index is -0.224. The molecule has 0 spiro atoms. The summed E-state index contributed by atoms with van der Waals surface area (Å²) < 4.78 is 15.6. The quantitative estimate of drug-likeness (QED) is 0.894. The summed E-state index contributed by atoms with van der Waals surface area (Å²) in [5.41, 5.74) is 0.594. The number of aromatic nitrogens is 1. The maximum Gasteiger partial charge on any atom is 0.181 e. The fourth-order valence-electron chi connectivity index (χ4n) is 1.88. The normalized spacial score (nSPS) is 12.3. The van der Waals surface area contributed by atoms with Gasteiger partial charge in [-0.15, -0.1) is 0 Å². The Morgan fingerprint density at radius 1 is 1.22 bits per heavy atom. The zero-order chi connectivity index (χ0) is 13.0. The maximum atomic E-state index is 13.7. The van der Waals surface area contributed by atoms with Crippen LogP contribution in [0.25, 0.3) is 0 Å². The molecule has 1 unspecified atom stereocenters. The van der Waals surface area contributed by atoms with Gasteiger partial charge in [0.2, 0.25) is 0 Å². The van der Waals surface area contributed by atoms with Crippen molar-refractivity contribution in [2.24, 2.45) is 0 Å². The van der Waals surface area contributed by atoms with Crippen LogP contribution >= 0.6 is 0 Å². The number of nitrogens with one attached hydrogen (secondary N) is 1. The number of halogens is 1. The minimum Gasteiger partial charge on any atom is -0.352 e. The van der Waals surface area contributed by atoms with Crippen molar-refractivity contribution >= 4 is 0 Å². The molecule has 0 fully saturated rings. The minimum absolute atomic E-state index is 0.0295. The number of hydrogen-bond acceptors (Lipinski definition) is 2. The third-order valence-corrected chi connectivity index (χ3v) is 2.88. The standard InChI is InChI=1S/C14H15FN2O/c1-16-14(12-4-2-3-5-13(12)15)10-17-8-6-11(18)7-9-17/h2-9,14,16H,10H2,1H3. The number of benzene rings is 1. The topological polar surface area (TPSA) is 34.0 Å². The molecule has 0 bridgehead atoms. The van der Waals surface area contributed by atoms with Crippen LogP contribution in [-0.4, -0.2) is 11.6 Å². The molecule has 0 aliphatic carbocycles. The molecule has 1 N–H and O–H groups in total. The zero-order valence-corrected chi connectivity index (χ0v) is 10.1. The van der Waals surface area contributed by atoms with Crippen molar-refractivity contribution in [3.8, 4) is 0 Å². The van der Waals surface area contributed by atoms with E-state index in [0.717, 1.165) is 0 Å². The number of likely N-dealkylation sites (N-methyl/N-ethyl adjacent to an activating group) is 1. The van der Waals surface area contributed by atoms with E-state index in [9.17, 15) is 9.18 Å². The highest BCUT2D eigenvalue weighted by Gasteiger charge is 2.13. The highest BCUT2D eigenvalue weighted by atomic mass is 19.1. The molecule has 1 aromatic heterocycles. The molecule has 2 rings (SSSR count). The van der Waals surface area contributed by atoms with Gasteiger partial charge in [-0.05, 0) is 13.1 Å². The molecule has 0 radical (unpaired) electrons. The molecular formula is C14H15FN2O. The van der Waals surface area contributed by atoms with Gasteiger partial charge in [0.1, 0.15) is 5.82 Å². The summed E-state index contributed by atoms with van der Waals surface area (Å²) in [6, 6.07) is 9.56. The molecular weight excluding hydrogens is 231 g/mol. The number of nitrogens with zero attached hydrogens (tertiary/aromatic N) is 1. The Morgan fingerprint density at radius 2 is 1.89 bits per heavy atom. The van der Waals surface area contributed by atoms with E-state index in [2.05, 4.69) is 5.32 Å². The second-order valence-electron chi connectivity index (χ2n) is 4.09. The highest BCUT2D eigenvalue weighted by Crippen LogP contribution is 2.17. The van der Waals surface area contributed by atoms with Crippen molar-refractivity contribution in [2.75, 3.05) is 7.05 Å². The van der Waals surface area contributed by atoms with Gasteiger partial charge < -0.3 is 9.88 Å². The van der Waals surface area contributed by atoms with E-state index in [0.29, 0.717) is 12.1 Å². The molecule has 0 saturated heterocycles. The first-order chi connectivity index (χ1) is 8.70. The summed E-state index contributed by atoms with van der Waals surface area (Å²) in [5, 5.41) is 3.08. The molecule has 0 aliphatic heterocycles. The fourth-order valence-corrected chi connectivity index (χ4v) is 1.88. The summed E-state index contributed by atoms with van der Waals surface area (Å²) in [7, 11) is 1.79. The van der Waals surface area contributed by atoms with Crippen LogP contribution in [0.2, 0.25) is 0 Å². The van der Waals surface area contributed by atoms with E-state index in [1.807, 2.05) is 10.6 Å². The second-order valence-corrected chi connectivity index (χ2v) is 4.09. The van der Waals surface area contributed by atoms with E-state index in [4.69, 9.17) is 0 Å². The Hall–Kier alpha value is -1.94. The van der Waals surface area contributed by atoms with E-state index in [-0.39, 0.29) is 17.3 Å². The van der Waals surface area contributed by atoms with Crippen LogP contribution in [0, 0.1) is 5.82 Å². The van der Waals surface area contributed by atoms with Crippen LogP contribution in [0.4, 0.5) is 4.39 Å². The summed E-state index contributed by atoms with van der Waals surface area (Å²) in [6.45, 7) is 0.567. The summed E-state index contributed by atoms with van der Waals surface area (Å²) in [6.07, 6.45) is 3.40. The van der Waals surface area contributed by atoms with E-state index in [1.54, 1.807) is 31.6 Å². The Morgan fingerprint density at radius 3 is 2.50 bits per heavy atom. The van der Waals surface area contributed by atoms with Crippen LogP contribution in [0.3, 0.4) is 0 Å². The molecule has 1 heterocycles. The molecule has 2 aromatic rings. The average molecular weight is 246 g/mol. The first kappa shape index (κ1) is 12.5. The van der Waals surface area contributed by atoms with Crippen LogP contribution in [0.5, 0.6) is 0 Å². The lowest BCUT2D eigenvalue weighted by Gasteiger charge is -2.18. The first-order valence-electron chi connectivity index (χ1n) is 5.78. The van der Waals surface area contributed by atoms with Crippen molar-refractivity contribution in [2.45, 2.75) is 12.6 Å². The first-order valence-corrected chi connectivity index (χ1v) is 5.78. The van der Waals surface area contributed by atoms with Crippen molar-refractivity contribution < 1.29 is 4.39 Å². The molecule has 0 saturated carbocycles. The van der Waals surface area contributed by atoms with Gasteiger partial charge in [-0.3, -0.25) is 4.79 Å². The third kappa shape index (κ3) is 2.84. The molecule has 4 heteroatoms. The van der Waals surface area contributed by atoms with E-state index < -0.39 is 0 Å². The number of hydrogen-bond donors (Lipinski definition) is 1. The van der Waals surface area contributed by atoms with Crippen LogP contribution in [0.1, 0.15) is 11.6 Å². The Labute approximate surface area is 105 Å². The lowest BCUT2D eigenvalue weighted by Crippen LogP contribution is -2.23. The van der Waals surface area contributed by atoms with Gasteiger partial charge in [0.15, 0.2) is 5.43 Å². The molecule has 18 heavy (non-hydrogen) atoms. The van der Waals surface area contributed by atoms with Gasteiger partial charge in [0, 0.05) is 36.6 Å². The van der Waals surface area contributed by atoms with Gasteiger partial charge in [-0.2, -0.15) is 0 Å².